The van der Waals surface area contributed by atoms with Gasteiger partial charge < -0.3 is 24.6 Å². The van der Waals surface area contributed by atoms with Gasteiger partial charge in [0.2, 0.25) is 5.88 Å². The third-order valence-corrected chi connectivity index (χ3v) is 7.48. The van der Waals surface area contributed by atoms with E-state index in [9.17, 15) is 9.59 Å². The monoisotopic (exact) mass is 620 g/mol. The summed E-state index contributed by atoms with van der Waals surface area (Å²) >= 11 is 3.38. The lowest BCUT2D eigenvalue weighted by atomic mass is 9.98. The van der Waals surface area contributed by atoms with Gasteiger partial charge in [-0.1, -0.05) is 24.8 Å². The van der Waals surface area contributed by atoms with Crippen molar-refractivity contribution < 1.29 is 19.1 Å². The lowest BCUT2D eigenvalue weighted by Crippen LogP contribution is -2.42. The molecule has 1 amide bonds. The van der Waals surface area contributed by atoms with E-state index in [2.05, 4.69) is 62.0 Å². The maximum atomic E-state index is 13.8. The number of anilines is 1. The van der Waals surface area contributed by atoms with Crippen molar-refractivity contribution >= 4 is 39.2 Å². The number of benzene rings is 2. The lowest BCUT2D eigenvalue weighted by Gasteiger charge is -2.32. The normalized spacial score (nSPS) is 13.4. The van der Waals surface area contributed by atoms with Crippen molar-refractivity contribution in [3.63, 3.8) is 0 Å². The average Bonchev–Trinajstić information content (AvgIpc) is 2.98. The molecule has 41 heavy (non-hydrogen) atoms. The van der Waals surface area contributed by atoms with E-state index in [1.807, 2.05) is 31.1 Å². The number of nitrogens with one attached hydrogen (secondary N) is 1. The Balaban J connectivity index is 1.43. The van der Waals surface area contributed by atoms with Crippen molar-refractivity contribution in [1.29, 1.82) is 0 Å². The Labute approximate surface area is 250 Å². The molecule has 0 bridgehead atoms. The van der Waals surface area contributed by atoms with Crippen LogP contribution < -0.4 is 15.0 Å². The maximum absolute atomic E-state index is 13.8. The van der Waals surface area contributed by atoms with Gasteiger partial charge in [0.25, 0.3) is 5.91 Å². The van der Waals surface area contributed by atoms with Crippen LogP contribution in [-0.4, -0.2) is 68.2 Å². The van der Waals surface area contributed by atoms with Crippen LogP contribution in [-0.2, 0) is 11.2 Å². The number of hydrogen-bond donors (Lipinski definition) is 1. The number of piperidine rings is 1. The van der Waals surface area contributed by atoms with Crippen LogP contribution in [0.4, 0.5) is 5.69 Å². The molecule has 1 saturated heterocycles. The number of likely N-dealkylation sites (tertiary alicyclic amines) is 1. The Kier molecular flexibility index (Phi) is 10.4. The molecule has 1 fully saturated rings. The highest BCUT2D eigenvalue weighted by Crippen LogP contribution is 2.24. The Morgan fingerprint density at radius 1 is 1.07 bits per heavy atom. The molecule has 0 atom stereocenters. The highest BCUT2D eigenvalue weighted by atomic mass is 79.9. The van der Waals surface area contributed by atoms with Crippen LogP contribution in [0.1, 0.15) is 51.6 Å². The summed E-state index contributed by atoms with van der Waals surface area (Å²) in [7, 11) is 4.04. The number of pyridine rings is 1. The average molecular weight is 622 g/mol. The highest BCUT2D eigenvalue weighted by molar-refractivity contribution is 9.10. The van der Waals surface area contributed by atoms with Crippen LogP contribution in [0, 0.1) is 0 Å². The summed E-state index contributed by atoms with van der Waals surface area (Å²) in [6, 6.07) is 17.2. The molecule has 1 N–H and O–H groups in total. The summed E-state index contributed by atoms with van der Waals surface area (Å²) in [5.41, 5.74) is 4.42. The fourth-order valence-electron chi connectivity index (χ4n) is 4.69. The van der Waals surface area contributed by atoms with E-state index in [0.29, 0.717) is 60.7 Å². The number of aromatic nitrogens is 1. The topological polar surface area (TPSA) is 84.0 Å². The molecule has 8 nitrogen and oxygen atoms in total. The van der Waals surface area contributed by atoms with Gasteiger partial charge in [0.1, 0.15) is 6.10 Å². The van der Waals surface area contributed by atoms with Gasteiger partial charge in [0.15, 0.2) is 0 Å². The number of carbonyl (C=O) groups is 2. The molecule has 0 aliphatic carbocycles. The number of halogens is 1. The molecule has 3 aromatic rings. The Morgan fingerprint density at radius 2 is 1.80 bits per heavy atom. The summed E-state index contributed by atoms with van der Waals surface area (Å²) in [4.78, 5) is 34.4. The van der Waals surface area contributed by atoms with Crippen LogP contribution in [0.2, 0.25) is 0 Å². The van der Waals surface area contributed by atoms with E-state index in [-0.39, 0.29) is 18.6 Å². The highest BCUT2D eigenvalue weighted by Gasteiger charge is 2.27. The minimum Gasteiger partial charge on any atom is -0.474 e. The van der Waals surface area contributed by atoms with E-state index in [0.717, 1.165) is 16.6 Å². The Hall–Kier alpha value is -3.85. The molecular formula is C32H37BrN4O4. The third kappa shape index (κ3) is 8.10. The van der Waals surface area contributed by atoms with Gasteiger partial charge in [-0.25, -0.2) is 9.78 Å². The molecule has 0 saturated carbocycles. The second kappa shape index (κ2) is 14.2. The Bertz CT molecular complexity index is 1350. The first-order valence-corrected chi connectivity index (χ1v) is 14.6. The van der Waals surface area contributed by atoms with Crippen molar-refractivity contribution in [1.82, 2.24) is 15.2 Å². The van der Waals surface area contributed by atoms with Crippen molar-refractivity contribution in [2.75, 3.05) is 45.2 Å². The predicted octanol–water partition coefficient (Wildman–Crippen LogP) is 5.57. The van der Waals surface area contributed by atoms with E-state index in [4.69, 9.17) is 9.47 Å². The molecule has 1 aliphatic heterocycles. The van der Waals surface area contributed by atoms with Gasteiger partial charge in [-0.2, -0.15) is 0 Å². The third-order valence-electron chi connectivity index (χ3n) is 7.01. The van der Waals surface area contributed by atoms with E-state index < -0.39 is 5.97 Å². The largest absolute Gasteiger partial charge is 0.474 e. The molecule has 1 aliphatic rings. The minimum atomic E-state index is -0.457. The van der Waals surface area contributed by atoms with Crippen molar-refractivity contribution in [3.05, 3.63) is 94.1 Å². The number of esters is 1. The molecule has 2 aromatic carbocycles. The molecule has 0 spiro atoms. The first-order chi connectivity index (χ1) is 19.7. The summed E-state index contributed by atoms with van der Waals surface area (Å²) in [6.07, 6.45) is 3.84. The summed E-state index contributed by atoms with van der Waals surface area (Å²) in [5.74, 6) is -0.0334. The second-order valence-electron chi connectivity index (χ2n) is 10.1. The number of rotatable bonds is 11. The van der Waals surface area contributed by atoms with Gasteiger partial charge in [-0.3, -0.25) is 4.79 Å². The zero-order valence-corrected chi connectivity index (χ0v) is 25.4. The van der Waals surface area contributed by atoms with Crippen LogP contribution >= 0.6 is 15.9 Å². The predicted molar refractivity (Wildman–Crippen MR) is 165 cm³/mol. The van der Waals surface area contributed by atoms with Crippen molar-refractivity contribution in [2.24, 2.45) is 0 Å². The molecule has 4 rings (SSSR count). The van der Waals surface area contributed by atoms with Crippen LogP contribution in [0.3, 0.4) is 0 Å². The van der Waals surface area contributed by atoms with Gasteiger partial charge in [0.05, 0.1) is 12.2 Å². The summed E-state index contributed by atoms with van der Waals surface area (Å²) in [6.45, 7) is 7.96. The standard InChI is InChI=1S/C32H37BrN4O4/c1-5-40-32(39)24-8-12-28(22(2)34-17-14-23-6-10-26(11-7-23)36(3)4)29(20-24)31(38)37-18-15-27(16-19-37)41-30-13-9-25(33)21-35-30/h6-13,20-21,27,34H,2,5,14-19H2,1,3-4H3. The van der Waals surface area contributed by atoms with Crippen LogP contribution in [0.5, 0.6) is 5.88 Å². The van der Waals surface area contributed by atoms with Gasteiger partial charge in [-0.15, -0.1) is 0 Å². The van der Waals surface area contributed by atoms with Crippen molar-refractivity contribution in [3.8, 4) is 5.88 Å². The fraction of sp³-hybridized carbons (Fsp3) is 0.344. The zero-order valence-electron chi connectivity index (χ0n) is 23.9. The summed E-state index contributed by atoms with van der Waals surface area (Å²) in [5, 5.41) is 3.37. The molecule has 216 valence electrons. The molecule has 1 aromatic heterocycles. The molecule has 2 heterocycles. The van der Waals surface area contributed by atoms with E-state index in [1.165, 1.54) is 5.56 Å². The quantitative estimate of drug-likeness (QED) is 0.280. The van der Waals surface area contributed by atoms with Gasteiger partial charge in [-0.05, 0) is 65.2 Å². The number of hydrogen-bond acceptors (Lipinski definition) is 7. The molecule has 0 unspecified atom stereocenters. The van der Waals surface area contributed by atoms with E-state index in [1.54, 1.807) is 31.3 Å². The zero-order chi connectivity index (χ0) is 29.4. The Morgan fingerprint density at radius 3 is 2.44 bits per heavy atom. The smallest absolute Gasteiger partial charge is 0.338 e. The number of ether oxygens (including phenoxy) is 2. The number of nitrogens with zero attached hydrogens (tertiary/aromatic N) is 3. The van der Waals surface area contributed by atoms with E-state index >= 15 is 0 Å². The summed E-state index contributed by atoms with van der Waals surface area (Å²) < 4.78 is 12.1. The second-order valence-corrected chi connectivity index (χ2v) is 11.0. The minimum absolute atomic E-state index is 0.0264. The first-order valence-electron chi connectivity index (χ1n) is 13.8. The van der Waals surface area contributed by atoms with Crippen LogP contribution in [0.25, 0.3) is 5.70 Å². The molecular weight excluding hydrogens is 584 g/mol. The first kappa shape index (κ1) is 30.1. The van der Waals surface area contributed by atoms with Crippen molar-refractivity contribution in [2.45, 2.75) is 32.3 Å². The maximum Gasteiger partial charge on any atom is 0.338 e. The van der Waals surface area contributed by atoms with Crippen LogP contribution in [0.15, 0.2) is 71.8 Å². The van der Waals surface area contributed by atoms with Gasteiger partial charge in [0, 0.05) is 85.8 Å². The number of amides is 1. The van der Waals surface area contributed by atoms with Gasteiger partial charge >= 0.3 is 5.97 Å². The fourth-order valence-corrected chi connectivity index (χ4v) is 4.92. The number of carbonyl (C=O) groups excluding carboxylic acids is 2. The molecule has 9 heteroatoms. The SMILES string of the molecule is C=C(NCCc1ccc(N(C)C)cc1)c1ccc(C(=O)OCC)cc1C(=O)N1CCC(Oc2ccc(Br)cn2)CC1. The molecule has 0 radical (unpaired) electrons. The lowest BCUT2D eigenvalue weighted by molar-refractivity contribution is 0.0526.